The van der Waals surface area contributed by atoms with E-state index < -0.39 is 0 Å². The average molecular weight is 368 g/mol. The summed E-state index contributed by atoms with van der Waals surface area (Å²) in [5, 5.41) is 3.07. The van der Waals surface area contributed by atoms with Crippen molar-refractivity contribution in [3.05, 3.63) is 59.2 Å². The molecule has 3 rings (SSSR count). The molecule has 27 heavy (non-hydrogen) atoms. The number of ether oxygens (including phenoxy) is 2. The molecule has 5 nitrogen and oxygen atoms in total. The number of benzene rings is 2. The molecule has 0 unspecified atom stereocenters. The maximum atomic E-state index is 12.4. The van der Waals surface area contributed by atoms with E-state index >= 15 is 0 Å². The number of rotatable bonds is 7. The van der Waals surface area contributed by atoms with E-state index in [0.29, 0.717) is 26.3 Å². The molecule has 1 amide bonds. The molecular formula is C22H28N2O3. The van der Waals surface area contributed by atoms with Crippen molar-refractivity contribution in [2.75, 3.05) is 26.8 Å². The first-order valence-electron chi connectivity index (χ1n) is 9.50. The van der Waals surface area contributed by atoms with E-state index in [0.717, 1.165) is 29.0 Å². The number of likely N-dealkylation sites (N-methyl/N-ethyl adjacent to an activating group) is 1. The molecule has 144 valence electrons. The number of aryl methyl sites for hydroxylation is 1. The Bertz CT molecular complexity index is 774. The van der Waals surface area contributed by atoms with E-state index in [9.17, 15) is 4.79 Å². The second kappa shape index (κ2) is 8.91. The first-order chi connectivity index (χ1) is 13.0. The number of amides is 1. The third-order valence-corrected chi connectivity index (χ3v) is 4.74. The van der Waals surface area contributed by atoms with Gasteiger partial charge in [-0.1, -0.05) is 37.3 Å². The van der Waals surface area contributed by atoms with Crippen LogP contribution in [0.15, 0.2) is 42.5 Å². The Morgan fingerprint density at radius 1 is 1.07 bits per heavy atom. The van der Waals surface area contributed by atoms with Crippen LogP contribution >= 0.6 is 0 Å². The summed E-state index contributed by atoms with van der Waals surface area (Å²) >= 11 is 0. The summed E-state index contributed by atoms with van der Waals surface area (Å²) in [6.07, 6.45) is 1.02. The smallest absolute Gasteiger partial charge is 0.234 e. The van der Waals surface area contributed by atoms with Crippen LogP contribution in [0.3, 0.4) is 0 Å². The highest BCUT2D eigenvalue weighted by Crippen LogP contribution is 2.31. The first-order valence-corrected chi connectivity index (χ1v) is 9.50. The molecule has 1 atom stereocenters. The van der Waals surface area contributed by atoms with Crippen molar-refractivity contribution >= 4 is 5.91 Å². The highest BCUT2D eigenvalue weighted by Gasteiger charge is 2.15. The van der Waals surface area contributed by atoms with Crippen LogP contribution in [0.5, 0.6) is 11.5 Å². The molecule has 0 saturated heterocycles. The Kier molecular flexibility index (Phi) is 6.35. The molecule has 0 aromatic heterocycles. The van der Waals surface area contributed by atoms with E-state index in [-0.39, 0.29) is 11.9 Å². The van der Waals surface area contributed by atoms with Crippen molar-refractivity contribution in [1.29, 1.82) is 0 Å². The number of carbonyl (C=O) groups excluding carboxylic acids is 1. The number of nitrogens with zero attached hydrogens (tertiary/aromatic N) is 1. The first kappa shape index (κ1) is 19.2. The lowest BCUT2D eigenvalue weighted by molar-refractivity contribution is -0.122. The molecule has 0 aliphatic carbocycles. The van der Waals surface area contributed by atoms with Crippen molar-refractivity contribution in [3.63, 3.8) is 0 Å². The summed E-state index contributed by atoms with van der Waals surface area (Å²) in [5.74, 6) is 1.58. The van der Waals surface area contributed by atoms with Gasteiger partial charge in [-0.3, -0.25) is 9.69 Å². The third kappa shape index (κ3) is 5.23. The van der Waals surface area contributed by atoms with Gasteiger partial charge in [0.2, 0.25) is 5.91 Å². The molecule has 0 radical (unpaired) electrons. The fourth-order valence-electron chi connectivity index (χ4n) is 3.21. The number of nitrogens with one attached hydrogen (secondary N) is 1. The van der Waals surface area contributed by atoms with Gasteiger partial charge >= 0.3 is 0 Å². The average Bonchev–Trinajstić information content (AvgIpc) is 2.67. The van der Waals surface area contributed by atoms with Crippen LogP contribution in [-0.2, 0) is 17.8 Å². The van der Waals surface area contributed by atoms with Crippen molar-refractivity contribution < 1.29 is 14.3 Å². The second-order valence-corrected chi connectivity index (χ2v) is 7.03. The molecule has 1 aliphatic rings. The molecule has 1 heterocycles. The van der Waals surface area contributed by atoms with Crippen molar-refractivity contribution in [2.24, 2.45) is 0 Å². The molecule has 1 N–H and O–H groups in total. The van der Waals surface area contributed by atoms with Crippen LogP contribution in [-0.4, -0.2) is 37.6 Å². The summed E-state index contributed by atoms with van der Waals surface area (Å²) in [7, 11) is 1.94. The van der Waals surface area contributed by atoms with Crippen LogP contribution in [0.25, 0.3) is 0 Å². The Morgan fingerprint density at radius 3 is 2.44 bits per heavy atom. The van der Waals surface area contributed by atoms with Gasteiger partial charge < -0.3 is 14.8 Å². The van der Waals surface area contributed by atoms with E-state index in [1.54, 1.807) is 0 Å². The van der Waals surface area contributed by atoms with E-state index in [4.69, 9.17) is 9.47 Å². The van der Waals surface area contributed by atoms with Crippen LogP contribution in [0, 0.1) is 0 Å². The lowest BCUT2D eigenvalue weighted by atomic mass is 10.1. The van der Waals surface area contributed by atoms with Gasteiger partial charge in [0.1, 0.15) is 13.2 Å². The quantitative estimate of drug-likeness (QED) is 0.814. The summed E-state index contributed by atoms with van der Waals surface area (Å²) in [6.45, 7) is 6.32. The normalized spacial score (nSPS) is 14.1. The predicted molar refractivity (Wildman–Crippen MR) is 106 cm³/mol. The summed E-state index contributed by atoms with van der Waals surface area (Å²) in [6, 6.07) is 14.3. The minimum atomic E-state index is -0.00824. The predicted octanol–water partition coefficient (Wildman–Crippen LogP) is 3.33. The van der Waals surface area contributed by atoms with Crippen LogP contribution in [0.4, 0.5) is 0 Å². The standard InChI is InChI=1S/C22H28N2O3/c1-4-17-5-8-19(9-6-17)16(2)23-22(25)15-24(3)14-18-7-10-20-21(13-18)27-12-11-26-20/h5-10,13,16H,4,11-12,14-15H2,1-3H3,(H,23,25)/t16-/m0/s1. The molecule has 0 saturated carbocycles. The Balaban J connectivity index is 1.51. The molecule has 1 aliphatic heterocycles. The van der Waals surface area contributed by atoms with E-state index in [1.165, 1.54) is 5.56 Å². The van der Waals surface area contributed by atoms with Crippen LogP contribution < -0.4 is 14.8 Å². The van der Waals surface area contributed by atoms with Gasteiger partial charge in [0.25, 0.3) is 0 Å². The number of fused-ring (bicyclic) bond motifs is 1. The minimum Gasteiger partial charge on any atom is -0.486 e. The lowest BCUT2D eigenvalue weighted by Crippen LogP contribution is -2.36. The van der Waals surface area contributed by atoms with Crippen molar-refractivity contribution in [2.45, 2.75) is 32.9 Å². The molecule has 0 fully saturated rings. The zero-order chi connectivity index (χ0) is 19.2. The summed E-state index contributed by atoms with van der Waals surface area (Å²) in [5.41, 5.74) is 3.52. The van der Waals surface area contributed by atoms with Gasteiger partial charge in [-0.15, -0.1) is 0 Å². The van der Waals surface area contributed by atoms with Gasteiger partial charge in [0.05, 0.1) is 12.6 Å². The molecule has 0 spiro atoms. The van der Waals surface area contributed by atoms with Gasteiger partial charge in [-0.2, -0.15) is 0 Å². The Labute approximate surface area is 161 Å². The summed E-state index contributed by atoms with van der Waals surface area (Å²) < 4.78 is 11.2. The highest BCUT2D eigenvalue weighted by atomic mass is 16.6. The number of hydrogen-bond acceptors (Lipinski definition) is 4. The Morgan fingerprint density at radius 2 is 1.74 bits per heavy atom. The molecule has 2 aromatic rings. The minimum absolute atomic E-state index is 0.00824. The largest absolute Gasteiger partial charge is 0.486 e. The van der Waals surface area contributed by atoms with Crippen LogP contribution in [0.2, 0.25) is 0 Å². The van der Waals surface area contributed by atoms with Gasteiger partial charge in [-0.25, -0.2) is 0 Å². The number of carbonyl (C=O) groups is 1. The topological polar surface area (TPSA) is 50.8 Å². The van der Waals surface area contributed by atoms with Crippen LogP contribution in [0.1, 0.15) is 36.6 Å². The van der Waals surface area contributed by atoms with Gasteiger partial charge in [0.15, 0.2) is 11.5 Å². The zero-order valence-electron chi connectivity index (χ0n) is 16.3. The van der Waals surface area contributed by atoms with Crippen molar-refractivity contribution in [3.8, 4) is 11.5 Å². The highest BCUT2D eigenvalue weighted by molar-refractivity contribution is 5.78. The third-order valence-electron chi connectivity index (χ3n) is 4.74. The van der Waals surface area contributed by atoms with E-state index in [2.05, 4.69) is 36.5 Å². The second-order valence-electron chi connectivity index (χ2n) is 7.03. The summed E-state index contributed by atoms with van der Waals surface area (Å²) in [4.78, 5) is 14.4. The molecule has 2 aromatic carbocycles. The lowest BCUT2D eigenvalue weighted by Gasteiger charge is -2.21. The molecule has 0 bridgehead atoms. The number of hydrogen-bond donors (Lipinski definition) is 1. The monoisotopic (exact) mass is 368 g/mol. The molecule has 5 heteroatoms. The zero-order valence-corrected chi connectivity index (χ0v) is 16.3. The Hall–Kier alpha value is -2.53. The maximum absolute atomic E-state index is 12.4. The fraction of sp³-hybridized carbons (Fsp3) is 0.409. The fourth-order valence-corrected chi connectivity index (χ4v) is 3.21. The van der Waals surface area contributed by atoms with Gasteiger partial charge in [-0.05, 0) is 49.2 Å². The maximum Gasteiger partial charge on any atom is 0.234 e. The van der Waals surface area contributed by atoms with Crippen molar-refractivity contribution in [1.82, 2.24) is 10.2 Å². The SMILES string of the molecule is CCc1ccc([C@H](C)NC(=O)CN(C)Cc2ccc3c(c2)OCCO3)cc1. The van der Waals surface area contributed by atoms with E-state index in [1.807, 2.05) is 37.1 Å². The molecular weight excluding hydrogens is 340 g/mol. The van der Waals surface area contributed by atoms with Gasteiger partial charge in [0, 0.05) is 6.54 Å².